The van der Waals surface area contributed by atoms with E-state index in [4.69, 9.17) is 16.6 Å². The SMILES string of the molecule is O=c1nc(-c2cccc3nc4ccccc4cc23)c2ccc(Cl)cc2[nH]1. The van der Waals surface area contributed by atoms with Crippen LogP contribution in [-0.4, -0.2) is 15.0 Å². The molecule has 0 radical (unpaired) electrons. The Morgan fingerprint density at radius 3 is 2.58 bits per heavy atom. The summed E-state index contributed by atoms with van der Waals surface area (Å²) in [5, 5.41) is 3.41. The van der Waals surface area contributed by atoms with Crippen molar-refractivity contribution in [3.8, 4) is 11.3 Å². The average molecular weight is 358 g/mol. The lowest BCUT2D eigenvalue weighted by molar-refractivity contribution is 1.13. The van der Waals surface area contributed by atoms with Crippen LogP contribution in [0, 0.1) is 0 Å². The minimum Gasteiger partial charge on any atom is -0.305 e. The van der Waals surface area contributed by atoms with E-state index in [-0.39, 0.29) is 0 Å². The number of benzene rings is 3. The molecular weight excluding hydrogens is 346 g/mol. The molecule has 26 heavy (non-hydrogen) atoms. The van der Waals surface area contributed by atoms with Gasteiger partial charge in [0.05, 0.1) is 22.2 Å². The Morgan fingerprint density at radius 1 is 0.808 bits per heavy atom. The molecule has 0 aliphatic carbocycles. The second kappa shape index (κ2) is 5.64. The number of pyridine rings is 1. The summed E-state index contributed by atoms with van der Waals surface area (Å²) in [6.07, 6.45) is 0. The molecule has 2 heterocycles. The van der Waals surface area contributed by atoms with E-state index in [2.05, 4.69) is 16.0 Å². The molecule has 4 nitrogen and oxygen atoms in total. The number of halogens is 1. The van der Waals surface area contributed by atoms with Crippen LogP contribution in [0.1, 0.15) is 0 Å². The van der Waals surface area contributed by atoms with E-state index in [1.165, 1.54) is 0 Å². The van der Waals surface area contributed by atoms with Crippen LogP contribution in [0.2, 0.25) is 5.02 Å². The molecule has 124 valence electrons. The van der Waals surface area contributed by atoms with Crippen LogP contribution >= 0.6 is 11.6 Å². The predicted molar refractivity (Wildman–Crippen MR) is 106 cm³/mol. The first-order valence-electron chi connectivity index (χ1n) is 8.17. The molecule has 0 aliphatic heterocycles. The third-order valence-electron chi connectivity index (χ3n) is 4.51. The van der Waals surface area contributed by atoms with Crippen molar-refractivity contribution in [2.45, 2.75) is 0 Å². The van der Waals surface area contributed by atoms with Gasteiger partial charge in [0.1, 0.15) is 0 Å². The van der Waals surface area contributed by atoms with Gasteiger partial charge in [0.25, 0.3) is 0 Å². The number of fused-ring (bicyclic) bond motifs is 3. The number of hydrogen-bond acceptors (Lipinski definition) is 3. The van der Waals surface area contributed by atoms with Crippen LogP contribution in [0.4, 0.5) is 0 Å². The summed E-state index contributed by atoms with van der Waals surface area (Å²) in [5.74, 6) is 0. The smallest absolute Gasteiger partial charge is 0.305 e. The van der Waals surface area contributed by atoms with Crippen LogP contribution in [0.25, 0.3) is 44.0 Å². The number of rotatable bonds is 1. The molecule has 0 fully saturated rings. The highest BCUT2D eigenvalue weighted by atomic mass is 35.5. The monoisotopic (exact) mass is 357 g/mol. The molecule has 1 N–H and O–H groups in total. The van der Waals surface area contributed by atoms with E-state index in [0.717, 1.165) is 32.8 Å². The second-order valence-electron chi connectivity index (χ2n) is 6.13. The highest BCUT2D eigenvalue weighted by molar-refractivity contribution is 6.31. The normalized spacial score (nSPS) is 11.4. The average Bonchev–Trinajstić information content (AvgIpc) is 2.65. The maximum absolute atomic E-state index is 12.1. The molecule has 0 atom stereocenters. The number of aromatic amines is 1. The Hall–Kier alpha value is -3.24. The maximum Gasteiger partial charge on any atom is 0.345 e. The molecule has 0 amide bonds. The molecule has 5 rings (SSSR count). The first-order valence-corrected chi connectivity index (χ1v) is 8.55. The van der Waals surface area contributed by atoms with Crippen molar-refractivity contribution in [2.24, 2.45) is 0 Å². The first kappa shape index (κ1) is 15.0. The van der Waals surface area contributed by atoms with Crippen molar-refractivity contribution < 1.29 is 0 Å². The standard InChI is InChI=1S/C21H12ClN3O/c22-13-8-9-15-19(11-13)24-21(26)25-20(15)14-5-3-7-18-16(14)10-12-4-1-2-6-17(12)23-18/h1-11H,(H,24,25,26). The van der Waals surface area contributed by atoms with Crippen LogP contribution in [-0.2, 0) is 0 Å². The van der Waals surface area contributed by atoms with E-state index in [1.807, 2.05) is 48.5 Å². The Kier molecular flexibility index (Phi) is 3.27. The quantitative estimate of drug-likeness (QED) is 0.432. The van der Waals surface area contributed by atoms with Crippen LogP contribution in [0.5, 0.6) is 0 Å². The van der Waals surface area contributed by atoms with E-state index < -0.39 is 5.69 Å². The minimum atomic E-state index is -0.402. The lowest BCUT2D eigenvalue weighted by Gasteiger charge is -2.10. The van der Waals surface area contributed by atoms with Gasteiger partial charge in [-0.15, -0.1) is 0 Å². The van der Waals surface area contributed by atoms with Crippen LogP contribution < -0.4 is 5.69 Å². The summed E-state index contributed by atoms with van der Waals surface area (Å²) in [6, 6.07) is 21.4. The molecule has 3 aromatic carbocycles. The largest absolute Gasteiger partial charge is 0.345 e. The Labute approximate surface area is 153 Å². The van der Waals surface area contributed by atoms with Gasteiger partial charge in [0.2, 0.25) is 0 Å². The summed E-state index contributed by atoms with van der Waals surface area (Å²) in [5.41, 5.74) is 3.57. The van der Waals surface area contributed by atoms with Gasteiger partial charge in [-0.2, -0.15) is 4.98 Å². The predicted octanol–water partition coefficient (Wildman–Crippen LogP) is 4.94. The lowest BCUT2D eigenvalue weighted by Crippen LogP contribution is -2.11. The molecule has 0 saturated carbocycles. The van der Waals surface area contributed by atoms with Gasteiger partial charge in [0, 0.05) is 26.7 Å². The molecule has 5 aromatic rings. The van der Waals surface area contributed by atoms with E-state index in [9.17, 15) is 4.79 Å². The zero-order valence-electron chi connectivity index (χ0n) is 13.5. The third-order valence-corrected chi connectivity index (χ3v) is 4.74. The van der Waals surface area contributed by atoms with Gasteiger partial charge in [-0.1, -0.05) is 41.9 Å². The molecule has 5 heteroatoms. The molecule has 0 saturated heterocycles. The fraction of sp³-hybridized carbons (Fsp3) is 0. The lowest BCUT2D eigenvalue weighted by atomic mass is 10.0. The fourth-order valence-electron chi connectivity index (χ4n) is 3.34. The Morgan fingerprint density at radius 2 is 1.65 bits per heavy atom. The Bertz CT molecular complexity index is 1370. The fourth-order valence-corrected chi connectivity index (χ4v) is 3.51. The molecule has 0 bridgehead atoms. The van der Waals surface area contributed by atoms with Crippen molar-refractivity contribution in [2.75, 3.05) is 0 Å². The van der Waals surface area contributed by atoms with Gasteiger partial charge >= 0.3 is 5.69 Å². The van der Waals surface area contributed by atoms with Crippen LogP contribution in [0.15, 0.2) is 71.5 Å². The number of aromatic nitrogens is 3. The Balaban J connectivity index is 1.91. The number of para-hydroxylation sites is 1. The van der Waals surface area contributed by atoms with Crippen molar-refractivity contribution in [3.05, 3.63) is 82.2 Å². The summed E-state index contributed by atoms with van der Waals surface area (Å²) in [7, 11) is 0. The molecule has 0 spiro atoms. The molecule has 0 aliphatic rings. The number of H-pyrrole nitrogens is 1. The minimum absolute atomic E-state index is 0.402. The van der Waals surface area contributed by atoms with Crippen molar-refractivity contribution in [1.82, 2.24) is 15.0 Å². The summed E-state index contributed by atoms with van der Waals surface area (Å²) in [6.45, 7) is 0. The van der Waals surface area contributed by atoms with E-state index >= 15 is 0 Å². The van der Waals surface area contributed by atoms with Crippen molar-refractivity contribution >= 4 is 44.3 Å². The number of hydrogen-bond donors (Lipinski definition) is 1. The molecular formula is C21H12ClN3O. The van der Waals surface area contributed by atoms with Gasteiger partial charge in [-0.25, -0.2) is 9.78 Å². The maximum atomic E-state index is 12.1. The summed E-state index contributed by atoms with van der Waals surface area (Å²) < 4.78 is 0. The summed E-state index contributed by atoms with van der Waals surface area (Å²) in [4.78, 5) is 23.9. The van der Waals surface area contributed by atoms with Gasteiger partial charge < -0.3 is 4.98 Å². The van der Waals surface area contributed by atoms with E-state index in [1.54, 1.807) is 12.1 Å². The second-order valence-corrected chi connectivity index (χ2v) is 6.57. The topological polar surface area (TPSA) is 58.6 Å². The van der Waals surface area contributed by atoms with Gasteiger partial charge in [-0.05, 0) is 36.4 Å². The van der Waals surface area contributed by atoms with E-state index in [0.29, 0.717) is 16.2 Å². The first-order chi connectivity index (χ1) is 12.7. The number of nitrogens with one attached hydrogen (secondary N) is 1. The third kappa shape index (κ3) is 2.35. The van der Waals surface area contributed by atoms with Crippen LogP contribution in [0.3, 0.4) is 0 Å². The highest BCUT2D eigenvalue weighted by Crippen LogP contribution is 2.32. The van der Waals surface area contributed by atoms with Crippen molar-refractivity contribution in [1.29, 1.82) is 0 Å². The highest BCUT2D eigenvalue weighted by Gasteiger charge is 2.12. The zero-order chi connectivity index (χ0) is 17.7. The van der Waals surface area contributed by atoms with Crippen molar-refractivity contribution in [3.63, 3.8) is 0 Å². The zero-order valence-corrected chi connectivity index (χ0v) is 14.3. The number of nitrogens with zero attached hydrogens (tertiary/aromatic N) is 2. The molecule has 2 aromatic heterocycles. The van der Waals surface area contributed by atoms with Gasteiger partial charge in [0.15, 0.2) is 0 Å². The summed E-state index contributed by atoms with van der Waals surface area (Å²) >= 11 is 6.08. The van der Waals surface area contributed by atoms with Gasteiger partial charge in [-0.3, -0.25) is 0 Å². The molecule has 0 unspecified atom stereocenters.